The Kier molecular flexibility index (Phi) is 7.71. The fourth-order valence-corrected chi connectivity index (χ4v) is 2.89. The Morgan fingerprint density at radius 3 is 2.60 bits per heavy atom. The topological polar surface area (TPSA) is 3.24 Å². The van der Waals surface area contributed by atoms with E-state index in [0.29, 0.717) is 5.92 Å². The molecule has 0 bridgehead atoms. The van der Waals surface area contributed by atoms with Gasteiger partial charge in [-0.25, -0.2) is 0 Å². The van der Waals surface area contributed by atoms with Gasteiger partial charge in [-0.2, -0.15) is 0 Å². The second-order valence-corrected chi connectivity index (χ2v) is 7.83. The first-order valence-corrected chi connectivity index (χ1v) is 8.52. The van der Waals surface area contributed by atoms with E-state index in [0.717, 1.165) is 29.5 Å². The van der Waals surface area contributed by atoms with Gasteiger partial charge in [0.25, 0.3) is 0 Å². The van der Waals surface area contributed by atoms with Crippen LogP contribution in [-0.4, -0.2) is 16.8 Å². The number of hydrogen-bond acceptors (Lipinski definition) is 2. The molecule has 1 atom stereocenters. The van der Waals surface area contributed by atoms with Crippen molar-refractivity contribution in [1.29, 1.82) is 0 Å². The van der Waals surface area contributed by atoms with Crippen LogP contribution in [0.15, 0.2) is 36.6 Å². The highest BCUT2D eigenvalue weighted by atomic mass is 35.5. The second-order valence-electron chi connectivity index (χ2n) is 5.34. The van der Waals surface area contributed by atoms with Crippen molar-refractivity contribution < 1.29 is 0 Å². The smallest absolute Gasteiger partial charge is 0.0931 e. The van der Waals surface area contributed by atoms with Crippen LogP contribution < -0.4 is 0 Å². The van der Waals surface area contributed by atoms with Crippen molar-refractivity contribution in [2.24, 2.45) is 5.92 Å². The summed E-state index contributed by atoms with van der Waals surface area (Å²) in [6, 6.07) is 4.03. The Morgan fingerprint density at radius 2 is 2.10 bits per heavy atom. The minimum Gasteiger partial charge on any atom is -0.367 e. The molecular formula is C16H23Cl2NS. The van der Waals surface area contributed by atoms with E-state index in [1.807, 2.05) is 25.1 Å². The Bertz CT molecular complexity index is 449. The van der Waals surface area contributed by atoms with E-state index in [9.17, 15) is 0 Å². The summed E-state index contributed by atoms with van der Waals surface area (Å²) in [6.07, 6.45) is 5.11. The van der Waals surface area contributed by atoms with Crippen LogP contribution in [0, 0.1) is 5.92 Å². The highest BCUT2D eigenvalue weighted by Gasteiger charge is 2.09. The number of thiophene rings is 1. The highest BCUT2D eigenvalue weighted by Crippen LogP contribution is 2.24. The average molecular weight is 332 g/mol. The maximum Gasteiger partial charge on any atom is 0.0931 e. The molecule has 0 fully saturated rings. The molecule has 4 heteroatoms. The Labute approximate surface area is 136 Å². The van der Waals surface area contributed by atoms with E-state index in [1.54, 1.807) is 11.3 Å². The van der Waals surface area contributed by atoms with Gasteiger partial charge in [0, 0.05) is 22.5 Å². The first kappa shape index (κ1) is 17.6. The zero-order valence-electron chi connectivity index (χ0n) is 12.4. The van der Waals surface area contributed by atoms with Crippen molar-refractivity contribution in [2.45, 2.75) is 39.1 Å². The van der Waals surface area contributed by atoms with Crippen molar-refractivity contribution >= 4 is 34.5 Å². The van der Waals surface area contributed by atoms with Gasteiger partial charge in [-0.1, -0.05) is 38.1 Å². The van der Waals surface area contributed by atoms with Gasteiger partial charge in [0.15, 0.2) is 0 Å². The van der Waals surface area contributed by atoms with Gasteiger partial charge in [-0.05, 0) is 37.5 Å². The Morgan fingerprint density at radius 1 is 1.40 bits per heavy atom. The summed E-state index contributed by atoms with van der Waals surface area (Å²) < 4.78 is 0.833. The van der Waals surface area contributed by atoms with Gasteiger partial charge in [0.05, 0.1) is 10.9 Å². The summed E-state index contributed by atoms with van der Waals surface area (Å²) in [7, 11) is 0. The van der Waals surface area contributed by atoms with Crippen molar-refractivity contribution in [2.75, 3.05) is 6.54 Å². The second kappa shape index (κ2) is 8.76. The number of alkyl halides is 1. The summed E-state index contributed by atoms with van der Waals surface area (Å²) in [5.74, 6) is 0.674. The largest absolute Gasteiger partial charge is 0.367 e. The molecule has 1 nitrogen and oxygen atoms in total. The zero-order valence-corrected chi connectivity index (χ0v) is 14.7. The normalized spacial score (nSPS) is 13.1. The number of halogens is 2. The van der Waals surface area contributed by atoms with Crippen molar-refractivity contribution in [3.8, 4) is 0 Å². The highest BCUT2D eigenvalue weighted by molar-refractivity contribution is 7.16. The van der Waals surface area contributed by atoms with E-state index in [2.05, 4.69) is 31.4 Å². The van der Waals surface area contributed by atoms with Crippen LogP contribution in [0.4, 0.5) is 0 Å². The lowest BCUT2D eigenvalue weighted by Gasteiger charge is -2.25. The standard InChI is InChI=1S/C16H23Cl2NS/c1-12(2)9-10-19(14(4)6-5-13(3)17)11-15-7-8-16(18)20-15/h5-8,12-13H,4,9-11H2,1-3H3/b6-5+. The molecule has 0 aliphatic heterocycles. The molecule has 1 unspecified atom stereocenters. The summed E-state index contributed by atoms with van der Waals surface area (Å²) in [4.78, 5) is 3.55. The fourth-order valence-electron chi connectivity index (χ4n) is 1.71. The Hall–Kier alpha value is -0.440. The first-order chi connectivity index (χ1) is 9.38. The molecule has 1 aromatic heterocycles. The third kappa shape index (κ3) is 6.83. The number of hydrogen-bond donors (Lipinski definition) is 0. The van der Waals surface area contributed by atoms with E-state index in [1.165, 1.54) is 4.88 Å². The van der Waals surface area contributed by atoms with E-state index in [-0.39, 0.29) is 5.38 Å². The summed E-state index contributed by atoms with van der Waals surface area (Å²) in [5, 5.41) is 0.0230. The molecule has 0 radical (unpaired) electrons. The molecule has 0 saturated carbocycles. The van der Waals surface area contributed by atoms with Crippen LogP contribution in [0.2, 0.25) is 4.34 Å². The van der Waals surface area contributed by atoms with E-state index < -0.39 is 0 Å². The van der Waals surface area contributed by atoms with Crippen molar-refractivity contribution in [3.05, 3.63) is 45.8 Å². The molecule has 0 aliphatic carbocycles. The van der Waals surface area contributed by atoms with Crippen LogP contribution >= 0.6 is 34.5 Å². The summed E-state index contributed by atoms with van der Waals surface area (Å²) in [5.41, 5.74) is 1.00. The molecule has 0 N–H and O–H groups in total. The van der Waals surface area contributed by atoms with Gasteiger partial charge in [0.2, 0.25) is 0 Å². The maximum absolute atomic E-state index is 6.00. The van der Waals surface area contributed by atoms with E-state index >= 15 is 0 Å². The third-order valence-corrected chi connectivity index (χ3v) is 4.27. The zero-order chi connectivity index (χ0) is 15.1. The van der Waals surface area contributed by atoms with E-state index in [4.69, 9.17) is 23.2 Å². The molecule has 1 heterocycles. The molecular weight excluding hydrogens is 309 g/mol. The van der Waals surface area contributed by atoms with Gasteiger partial charge in [0.1, 0.15) is 0 Å². The average Bonchev–Trinajstić information content (AvgIpc) is 2.76. The quantitative estimate of drug-likeness (QED) is 0.420. The maximum atomic E-state index is 6.00. The minimum atomic E-state index is 0.0230. The Balaban J connectivity index is 2.71. The lowest BCUT2D eigenvalue weighted by molar-refractivity contribution is 0.324. The minimum absolute atomic E-state index is 0.0230. The summed E-state index contributed by atoms with van der Waals surface area (Å²) >= 11 is 13.6. The molecule has 0 amide bonds. The van der Waals surface area contributed by atoms with Crippen LogP contribution in [0.25, 0.3) is 0 Å². The molecule has 20 heavy (non-hydrogen) atoms. The van der Waals surface area contributed by atoms with Crippen LogP contribution in [-0.2, 0) is 6.54 Å². The van der Waals surface area contributed by atoms with Crippen LogP contribution in [0.5, 0.6) is 0 Å². The van der Waals surface area contributed by atoms with Crippen molar-refractivity contribution in [3.63, 3.8) is 0 Å². The third-order valence-electron chi connectivity index (χ3n) is 2.91. The van der Waals surface area contributed by atoms with Gasteiger partial charge >= 0.3 is 0 Å². The lowest BCUT2D eigenvalue weighted by Crippen LogP contribution is -2.23. The van der Waals surface area contributed by atoms with Crippen molar-refractivity contribution in [1.82, 2.24) is 4.90 Å². The van der Waals surface area contributed by atoms with Gasteiger partial charge < -0.3 is 4.90 Å². The molecule has 1 rings (SSSR count). The number of allylic oxidation sites excluding steroid dienone is 2. The number of rotatable bonds is 8. The lowest BCUT2D eigenvalue weighted by atomic mass is 10.1. The van der Waals surface area contributed by atoms with Gasteiger partial charge in [-0.15, -0.1) is 22.9 Å². The molecule has 0 saturated heterocycles. The van der Waals surface area contributed by atoms with Gasteiger partial charge in [-0.3, -0.25) is 0 Å². The molecule has 0 spiro atoms. The predicted molar refractivity (Wildman–Crippen MR) is 92.8 cm³/mol. The first-order valence-electron chi connectivity index (χ1n) is 6.88. The fraction of sp³-hybridized carbons (Fsp3) is 0.500. The van der Waals surface area contributed by atoms with Crippen LogP contribution in [0.1, 0.15) is 32.1 Å². The molecule has 0 aliphatic rings. The molecule has 112 valence electrons. The number of nitrogens with zero attached hydrogens (tertiary/aromatic N) is 1. The van der Waals surface area contributed by atoms with Crippen LogP contribution in [0.3, 0.4) is 0 Å². The predicted octanol–water partition coefficient (Wildman–Crippen LogP) is 5.95. The summed E-state index contributed by atoms with van der Waals surface area (Å²) in [6.45, 7) is 12.4. The molecule has 1 aromatic rings. The SMILES string of the molecule is C=C(/C=C/C(C)Cl)N(CCC(C)C)Cc1ccc(Cl)s1. The molecule has 0 aromatic carbocycles. The monoisotopic (exact) mass is 331 g/mol.